The van der Waals surface area contributed by atoms with Crippen molar-refractivity contribution in [3.63, 3.8) is 0 Å². The van der Waals surface area contributed by atoms with Crippen LogP contribution in [-0.2, 0) is 4.74 Å². The molecule has 1 heterocycles. The van der Waals surface area contributed by atoms with Gasteiger partial charge in [-0.05, 0) is 36.6 Å². The SMILES string of the molecule is OC(c1cc(F)cc(Br)c1)C1CCCOC1. The molecule has 1 aromatic rings. The van der Waals surface area contributed by atoms with Gasteiger partial charge in [-0.2, -0.15) is 0 Å². The van der Waals surface area contributed by atoms with E-state index in [1.165, 1.54) is 12.1 Å². The molecule has 1 saturated heterocycles. The maximum absolute atomic E-state index is 13.2. The summed E-state index contributed by atoms with van der Waals surface area (Å²) in [7, 11) is 0. The second kappa shape index (κ2) is 5.25. The Hall–Kier alpha value is -0.450. The molecule has 1 fully saturated rings. The lowest BCUT2D eigenvalue weighted by molar-refractivity contribution is -0.0101. The van der Waals surface area contributed by atoms with Gasteiger partial charge in [-0.3, -0.25) is 0 Å². The highest BCUT2D eigenvalue weighted by molar-refractivity contribution is 9.10. The van der Waals surface area contributed by atoms with Gasteiger partial charge in [0.1, 0.15) is 5.82 Å². The molecule has 88 valence electrons. The minimum atomic E-state index is -0.646. The second-order valence-electron chi connectivity index (χ2n) is 4.12. The molecule has 1 aliphatic heterocycles. The van der Waals surface area contributed by atoms with Crippen LogP contribution >= 0.6 is 15.9 Å². The van der Waals surface area contributed by atoms with E-state index in [9.17, 15) is 9.50 Å². The Kier molecular flexibility index (Phi) is 3.95. The third-order valence-corrected chi connectivity index (χ3v) is 3.33. The molecule has 0 radical (unpaired) electrons. The van der Waals surface area contributed by atoms with Crippen LogP contribution in [0.15, 0.2) is 22.7 Å². The van der Waals surface area contributed by atoms with E-state index in [4.69, 9.17) is 4.74 Å². The van der Waals surface area contributed by atoms with Gasteiger partial charge < -0.3 is 9.84 Å². The smallest absolute Gasteiger partial charge is 0.124 e. The van der Waals surface area contributed by atoms with E-state index in [0.717, 1.165) is 19.4 Å². The van der Waals surface area contributed by atoms with Gasteiger partial charge >= 0.3 is 0 Å². The third kappa shape index (κ3) is 2.81. The molecule has 16 heavy (non-hydrogen) atoms. The molecule has 2 rings (SSSR count). The predicted octanol–water partition coefficient (Wildman–Crippen LogP) is 3.05. The zero-order chi connectivity index (χ0) is 11.5. The van der Waals surface area contributed by atoms with Gasteiger partial charge in [0.15, 0.2) is 0 Å². The van der Waals surface area contributed by atoms with E-state index in [1.807, 2.05) is 0 Å². The summed E-state index contributed by atoms with van der Waals surface area (Å²) in [6.07, 6.45) is 1.24. The third-order valence-electron chi connectivity index (χ3n) is 2.87. The van der Waals surface area contributed by atoms with Gasteiger partial charge in [0.25, 0.3) is 0 Å². The summed E-state index contributed by atoms with van der Waals surface area (Å²) in [5.41, 5.74) is 0.613. The van der Waals surface area contributed by atoms with E-state index in [2.05, 4.69) is 15.9 Å². The van der Waals surface area contributed by atoms with Gasteiger partial charge in [-0.15, -0.1) is 0 Å². The van der Waals surface area contributed by atoms with E-state index in [-0.39, 0.29) is 11.7 Å². The minimum absolute atomic E-state index is 0.0717. The molecule has 1 aromatic carbocycles. The first kappa shape index (κ1) is 12.0. The lowest BCUT2D eigenvalue weighted by Crippen LogP contribution is -2.23. The summed E-state index contributed by atoms with van der Waals surface area (Å²) in [6.45, 7) is 1.31. The Bertz CT molecular complexity index is 344. The van der Waals surface area contributed by atoms with Gasteiger partial charge in [0, 0.05) is 17.0 Å². The van der Waals surface area contributed by atoms with Crippen molar-refractivity contribution in [1.29, 1.82) is 0 Å². The first-order chi connectivity index (χ1) is 7.66. The Labute approximate surface area is 103 Å². The molecule has 1 N–H and O–H groups in total. The average Bonchev–Trinajstić information content (AvgIpc) is 2.28. The molecule has 0 amide bonds. The highest BCUT2D eigenvalue weighted by atomic mass is 79.9. The quantitative estimate of drug-likeness (QED) is 0.906. The van der Waals surface area contributed by atoms with Crippen LogP contribution in [0.4, 0.5) is 4.39 Å². The fourth-order valence-corrected chi connectivity index (χ4v) is 2.52. The lowest BCUT2D eigenvalue weighted by atomic mass is 9.91. The summed E-state index contributed by atoms with van der Waals surface area (Å²) in [5.74, 6) is -0.261. The van der Waals surface area contributed by atoms with E-state index < -0.39 is 6.10 Å². The number of hydrogen-bond acceptors (Lipinski definition) is 2. The molecule has 0 spiro atoms. The number of rotatable bonds is 2. The van der Waals surface area contributed by atoms with Crippen molar-refractivity contribution in [2.75, 3.05) is 13.2 Å². The summed E-state index contributed by atoms with van der Waals surface area (Å²) < 4.78 is 19.2. The number of hydrogen-bond donors (Lipinski definition) is 1. The molecular formula is C12H14BrFO2. The summed E-state index contributed by atoms with van der Waals surface area (Å²) in [4.78, 5) is 0. The monoisotopic (exact) mass is 288 g/mol. The number of benzene rings is 1. The highest BCUT2D eigenvalue weighted by Crippen LogP contribution is 2.30. The topological polar surface area (TPSA) is 29.5 Å². The van der Waals surface area contributed by atoms with E-state index >= 15 is 0 Å². The molecule has 2 unspecified atom stereocenters. The van der Waals surface area contributed by atoms with Crippen LogP contribution in [-0.4, -0.2) is 18.3 Å². The van der Waals surface area contributed by atoms with Crippen LogP contribution in [0.3, 0.4) is 0 Å². The summed E-state index contributed by atoms with van der Waals surface area (Å²) >= 11 is 3.22. The van der Waals surface area contributed by atoms with Gasteiger partial charge in [-0.1, -0.05) is 15.9 Å². The van der Waals surface area contributed by atoms with Crippen LogP contribution in [0.25, 0.3) is 0 Å². The Balaban J connectivity index is 2.15. The van der Waals surface area contributed by atoms with Crippen molar-refractivity contribution >= 4 is 15.9 Å². The Morgan fingerprint density at radius 3 is 2.88 bits per heavy atom. The zero-order valence-electron chi connectivity index (χ0n) is 8.83. The van der Waals surface area contributed by atoms with Crippen LogP contribution in [0.1, 0.15) is 24.5 Å². The Morgan fingerprint density at radius 1 is 1.44 bits per heavy atom. The average molecular weight is 289 g/mol. The minimum Gasteiger partial charge on any atom is -0.388 e. The van der Waals surface area contributed by atoms with Crippen LogP contribution < -0.4 is 0 Å². The first-order valence-corrected chi connectivity index (χ1v) is 6.18. The number of aliphatic hydroxyl groups is 1. The van der Waals surface area contributed by atoms with Crippen molar-refractivity contribution in [2.24, 2.45) is 5.92 Å². The second-order valence-corrected chi connectivity index (χ2v) is 5.04. The zero-order valence-corrected chi connectivity index (χ0v) is 10.4. The number of ether oxygens (including phenoxy) is 1. The van der Waals surface area contributed by atoms with Crippen molar-refractivity contribution in [1.82, 2.24) is 0 Å². The number of aliphatic hydroxyl groups excluding tert-OH is 1. The molecule has 0 bridgehead atoms. The molecule has 1 aliphatic rings. The molecular weight excluding hydrogens is 275 g/mol. The van der Waals surface area contributed by atoms with Gasteiger partial charge in [0.2, 0.25) is 0 Å². The molecule has 0 aliphatic carbocycles. The predicted molar refractivity (Wildman–Crippen MR) is 62.6 cm³/mol. The fourth-order valence-electron chi connectivity index (χ4n) is 2.03. The van der Waals surface area contributed by atoms with Crippen molar-refractivity contribution in [3.8, 4) is 0 Å². The first-order valence-electron chi connectivity index (χ1n) is 5.38. The van der Waals surface area contributed by atoms with Gasteiger partial charge in [-0.25, -0.2) is 4.39 Å². The normalized spacial score (nSPS) is 23.1. The van der Waals surface area contributed by atoms with Gasteiger partial charge in [0.05, 0.1) is 12.7 Å². The fraction of sp³-hybridized carbons (Fsp3) is 0.500. The van der Waals surface area contributed by atoms with E-state index in [0.29, 0.717) is 16.6 Å². The Morgan fingerprint density at radius 2 is 2.25 bits per heavy atom. The maximum atomic E-state index is 13.2. The molecule has 2 atom stereocenters. The lowest BCUT2D eigenvalue weighted by Gasteiger charge is -2.27. The van der Waals surface area contributed by atoms with Crippen molar-refractivity contribution < 1.29 is 14.2 Å². The summed E-state index contributed by atoms with van der Waals surface area (Å²) in [5, 5.41) is 10.1. The van der Waals surface area contributed by atoms with Crippen molar-refractivity contribution in [2.45, 2.75) is 18.9 Å². The molecule has 0 aromatic heterocycles. The van der Waals surface area contributed by atoms with Crippen LogP contribution in [0, 0.1) is 11.7 Å². The van der Waals surface area contributed by atoms with Crippen molar-refractivity contribution in [3.05, 3.63) is 34.1 Å². The summed E-state index contributed by atoms with van der Waals surface area (Å²) in [6, 6.07) is 4.51. The molecule has 2 nitrogen and oxygen atoms in total. The van der Waals surface area contributed by atoms with Crippen LogP contribution in [0.2, 0.25) is 0 Å². The van der Waals surface area contributed by atoms with Crippen LogP contribution in [0.5, 0.6) is 0 Å². The standard InChI is InChI=1S/C12H14BrFO2/c13-10-4-9(5-11(14)6-10)12(15)8-2-1-3-16-7-8/h4-6,8,12,15H,1-3,7H2. The number of halogens is 2. The molecule has 4 heteroatoms. The maximum Gasteiger partial charge on any atom is 0.124 e. The highest BCUT2D eigenvalue weighted by Gasteiger charge is 2.24. The largest absolute Gasteiger partial charge is 0.388 e. The molecule has 0 saturated carbocycles. The van der Waals surface area contributed by atoms with E-state index in [1.54, 1.807) is 6.07 Å².